The molecule has 8 nitrogen and oxygen atoms in total. The van der Waals surface area contributed by atoms with Crippen molar-refractivity contribution in [1.82, 2.24) is 9.36 Å². The Labute approximate surface area is 208 Å². The summed E-state index contributed by atoms with van der Waals surface area (Å²) >= 11 is 0. The molecule has 1 aliphatic heterocycles. The summed E-state index contributed by atoms with van der Waals surface area (Å²) in [6.45, 7) is 6.77. The van der Waals surface area contributed by atoms with E-state index in [0.29, 0.717) is 19.2 Å². The molecule has 0 bridgehead atoms. The van der Waals surface area contributed by atoms with Gasteiger partial charge in [-0.25, -0.2) is 8.42 Å². The highest BCUT2D eigenvalue weighted by Gasteiger charge is 2.32. The van der Waals surface area contributed by atoms with E-state index in [4.69, 9.17) is 9.47 Å². The molecule has 1 atom stereocenters. The summed E-state index contributed by atoms with van der Waals surface area (Å²) in [7, 11) is -1.54. The van der Waals surface area contributed by atoms with Gasteiger partial charge in [-0.3, -0.25) is 14.2 Å². The highest BCUT2D eigenvalue weighted by molar-refractivity contribution is 7.90. The summed E-state index contributed by atoms with van der Waals surface area (Å²) in [5.41, 5.74) is -0.571. The summed E-state index contributed by atoms with van der Waals surface area (Å²) in [6, 6.07) is 4.22. The van der Waals surface area contributed by atoms with Crippen LogP contribution >= 0.6 is 0 Å². The molecule has 1 amide bonds. The molecule has 1 fully saturated rings. The number of halogens is 3. The third kappa shape index (κ3) is 7.00. The lowest BCUT2D eigenvalue weighted by Gasteiger charge is -2.21. The average Bonchev–Trinajstić information content (AvgIpc) is 3.35. The molecule has 0 spiro atoms. The van der Waals surface area contributed by atoms with Crippen molar-refractivity contribution in [2.75, 3.05) is 25.2 Å². The van der Waals surface area contributed by atoms with Gasteiger partial charge in [-0.15, -0.1) is 0 Å². The fraction of sp³-hybridized carbons (Fsp3) is 0.583. The molecule has 0 radical (unpaired) electrons. The van der Waals surface area contributed by atoms with Gasteiger partial charge in [-0.2, -0.15) is 18.2 Å². The van der Waals surface area contributed by atoms with Gasteiger partial charge in [0.15, 0.2) is 15.3 Å². The van der Waals surface area contributed by atoms with Gasteiger partial charge in [0.25, 0.3) is 5.91 Å². The van der Waals surface area contributed by atoms with E-state index in [9.17, 15) is 26.4 Å². The van der Waals surface area contributed by atoms with Gasteiger partial charge in [0.2, 0.25) is 0 Å². The Bertz CT molecular complexity index is 1280. The van der Waals surface area contributed by atoms with Crippen LogP contribution in [0.3, 0.4) is 0 Å². The third-order valence-electron chi connectivity index (χ3n) is 5.88. The fourth-order valence-corrected chi connectivity index (χ4v) is 4.42. The number of hydrogen-bond donors (Lipinski definition) is 0. The van der Waals surface area contributed by atoms with Crippen LogP contribution in [0.15, 0.2) is 29.3 Å². The monoisotopic (exact) mass is 531 g/mol. The van der Waals surface area contributed by atoms with Crippen LogP contribution < -0.4 is 10.2 Å². The van der Waals surface area contributed by atoms with Crippen LogP contribution in [0.1, 0.15) is 55.2 Å². The summed E-state index contributed by atoms with van der Waals surface area (Å²) < 4.78 is 77.8. The second kappa shape index (κ2) is 10.4. The van der Waals surface area contributed by atoms with Crippen LogP contribution in [0, 0.1) is 0 Å². The largest absolute Gasteiger partial charge is 0.492 e. The van der Waals surface area contributed by atoms with E-state index in [1.165, 1.54) is 0 Å². The second-order valence-corrected chi connectivity index (χ2v) is 12.2. The van der Waals surface area contributed by atoms with Gasteiger partial charge in [0, 0.05) is 37.1 Å². The fourth-order valence-electron chi connectivity index (χ4n) is 4.03. The van der Waals surface area contributed by atoms with Gasteiger partial charge < -0.3 is 9.47 Å². The first-order valence-electron chi connectivity index (χ1n) is 11.6. The van der Waals surface area contributed by atoms with Crippen LogP contribution in [0.25, 0.3) is 0 Å². The molecule has 36 heavy (non-hydrogen) atoms. The molecule has 0 unspecified atom stereocenters. The number of benzene rings is 1. The molecular formula is C24H32F3N3O5S. The molecule has 0 saturated carbocycles. The zero-order valence-corrected chi connectivity index (χ0v) is 21.9. The molecule has 1 aromatic carbocycles. The summed E-state index contributed by atoms with van der Waals surface area (Å²) in [5, 5.41) is 0. The van der Waals surface area contributed by atoms with E-state index in [-0.39, 0.29) is 35.1 Å². The molecular weight excluding hydrogens is 499 g/mol. The zero-order chi connectivity index (χ0) is 26.9. The molecule has 0 aliphatic carbocycles. The third-order valence-corrected chi connectivity index (χ3v) is 6.78. The van der Waals surface area contributed by atoms with Crippen LogP contribution in [-0.2, 0) is 39.8 Å². The Balaban J connectivity index is 2.08. The maximum absolute atomic E-state index is 13.4. The quantitative estimate of drug-likeness (QED) is 0.546. The molecule has 12 heteroatoms. The van der Waals surface area contributed by atoms with Crippen molar-refractivity contribution < 1.29 is 35.9 Å². The summed E-state index contributed by atoms with van der Waals surface area (Å²) in [5.74, 6) is -1.45. The minimum Gasteiger partial charge on any atom is -0.492 e. The number of ether oxygens (including phenoxy) is 2. The lowest BCUT2D eigenvalue weighted by molar-refractivity contribution is -0.137. The van der Waals surface area contributed by atoms with Gasteiger partial charge in [-0.1, -0.05) is 20.8 Å². The topological polar surface area (TPSA) is 91.9 Å². The Hall–Kier alpha value is -2.60. The van der Waals surface area contributed by atoms with E-state index in [2.05, 4.69) is 4.99 Å². The van der Waals surface area contributed by atoms with Gasteiger partial charge in [0.05, 0.1) is 29.5 Å². The summed E-state index contributed by atoms with van der Waals surface area (Å²) in [4.78, 5) is 17.4. The predicted octanol–water partition coefficient (Wildman–Crippen LogP) is 3.49. The molecule has 1 saturated heterocycles. The standard InChI is InChI=1S/C24H32F3N3O5S/c1-23(2,3)20-14-21(30(29(20)4)15-17-7-6-10-34-17)28-22(31)18-13-16(24(25,26)27)8-9-19(18)35-11-12-36(5,32)33/h8-9,13-14,17H,6-7,10-12,15H2,1-5H3/b28-21+/t17-/m1/s1. The number of carbonyl (C=O) groups is 1. The first-order valence-corrected chi connectivity index (χ1v) is 13.6. The van der Waals surface area contributed by atoms with Crippen molar-refractivity contribution in [2.24, 2.45) is 12.0 Å². The van der Waals surface area contributed by atoms with Crippen LogP contribution in [-0.4, -0.2) is 55.0 Å². The van der Waals surface area contributed by atoms with Crippen LogP contribution in [0.4, 0.5) is 13.2 Å². The van der Waals surface area contributed by atoms with Crippen LogP contribution in [0.2, 0.25) is 0 Å². The first-order chi connectivity index (χ1) is 16.6. The van der Waals surface area contributed by atoms with Gasteiger partial charge in [-0.05, 0) is 31.0 Å². The normalized spacial score (nSPS) is 17.6. The maximum atomic E-state index is 13.4. The number of sulfone groups is 1. The van der Waals surface area contributed by atoms with E-state index < -0.39 is 33.0 Å². The Morgan fingerprint density at radius 3 is 2.47 bits per heavy atom. The number of alkyl halides is 3. The minimum absolute atomic E-state index is 0.0658. The lowest BCUT2D eigenvalue weighted by atomic mass is 9.92. The van der Waals surface area contributed by atoms with Crippen LogP contribution in [0.5, 0.6) is 5.75 Å². The lowest BCUT2D eigenvalue weighted by Crippen LogP contribution is -2.30. The smallest absolute Gasteiger partial charge is 0.416 e. The molecule has 0 N–H and O–H groups in total. The Morgan fingerprint density at radius 1 is 1.22 bits per heavy atom. The average molecular weight is 532 g/mol. The van der Waals surface area contributed by atoms with Gasteiger partial charge >= 0.3 is 6.18 Å². The molecule has 1 aromatic heterocycles. The van der Waals surface area contributed by atoms with E-state index in [1.54, 1.807) is 10.7 Å². The van der Waals surface area contributed by atoms with Crippen molar-refractivity contribution in [3.63, 3.8) is 0 Å². The predicted molar refractivity (Wildman–Crippen MR) is 128 cm³/mol. The number of aromatic nitrogens is 2. The zero-order valence-electron chi connectivity index (χ0n) is 21.1. The highest BCUT2D eigenvalue weighted by atomic mass is 32.2. The maximum Gasteiger partial charge on any atom is 0.416 e. The number of rotatable bonds is 7. The number of hydrogen-bond acceptors (Lipinski definition) is 5. The van der Waals surface area contributed by atoms with Crippen molar-refractivity contribution in [2.45, 2.75) is 57.9 Å². The van der Waals surface area contributed by atoms with E-state index >= 15 is 0 Å². The molecule has 2 aromatic rings. The molecule has 200 valence electrons. The molecule has 3 rings (SSSR count). The Morgan fingerprint density at radius 2 is 1.92 bits per heavy atom. The second-order valence-electron chi connectivity index (χ2n) is 9.98. The molecule has 1 aliphatic rings. The first kappa shape index (κ1) is 28.0. The SMILES string of the molecule is Cn1c(C(C)(C)C)c/c(=N\C(=O)c2cc(C(F)(F)F)ccc2OCCS(C)(=O)=O)n1C[C@H]1CCCO1. The van der Waals surface area contributed by atoms with Crippen molar-refractivity contribution >= 4 is 15.7 Å². The minimum atomic E-state index is -4.69. The Kier molecular flexibility index (Phi) is 8.09. The van der Waals surface area contributed by atoms with Crippen molar-refractivity contribution in [3.8, 4) is 5.75 Å². The summed E-state index contributed by atoms with van der Waals surface area (Å²) in [6.07, 6.45) is -1.97. The van der Waals surface area contributed by atoms with E-state index in [1.807, 2.05) is 32.5 Å². The number of amides is 1. The number of carbonyl (C=O) groups excluding carboxylic acids is 1. The van der Waals surface area contributed by atoms with Crippen molar-refractivity contribution in [1.29, 1.82) is 0 Å². The van der Waals surface area contributed by atoms with Crippen molar-refractivity contribution in [3.05, 3.63) is 46.6 Å². The molecule has 2 heterocycles. The highest BCUT2D eigenvalue weighted by Crippen LogP contribution is 2.33. The number of nitrogens with zero attached hydrogens (tertiary/aromatic N) is 3. The van der Waals surface area contributed by atoms with E-state index in [0.717, 1.165) is 36.9 Å². The van der Waals surface area contributed by atoms with Gasteiger partial charge in [0.1, 0.15) is 12.4 Å².